The van der Waals surface area contributed by atoms with Gasteiger partial charge in [-0.25, -0.2) is 0 Å². The summed E-state index contributed by atoms with van der Waals surface area (Å²) in [5, 5.41) is 8.90. The van der Waals surface area contributed by atoms with Crippen molar-refractivity contribution in [1.82, 2.24) is 9.80 Å². The predicted molar refractivity (Wildman–Crippen MR) is 65.1 cm³/mol. The number of likely N-dealkylation sites (N-methyl/N-ethyl adjacent to an activating group) is 1. The number of nitrogens with two attached hydrogens (primary N) is 1. The number of aliphatic hydroxyl groups excluding tert-OH is 1. The van der Waals surface area contributed by atoms with Crippen LogP contribution in [0.5, 0.6) is 0 Å². The number of aliphatic hydroxyl groups is 1. The van der Waals surface area contributed by atoms with Crippen LogP contribution in [-0.2, 0) is 4.79 Å². The Morgan fingerprint density at radius 3 is 2.44 bits per heavy atom. The van der Waals surface area contributed by atoms with E-state index in [0.717, 1.165) is 6.42 Å². The lowest BCUT2D eigenvalue weighted by molar-refractivity contribution is -0.131. The van der Waals surface area contributed by atoms with E-state index in [1.165, 1.54) is 0 Å². The van der Waals surface area contributed by atoms with Crippen LogP contribution in [-0.4, -0.2) is 66.7 Å². The molecule has 16 heavy (non-hydrogen) atoms. The SMILES string of the molecule is CC(C)N(CCO)CC(=O)N(C)CCCN. The lowest BCUT2D eigenvalue weighted by atomic mass is 10.3. The molecule has 0 heterocycles. The highest BCUT2D eigenvalue weighted by molar-refractivity contribution is 5.78. The minimum atomic E-state index is 0.0793. The van der Waals surface area contributed by atoms with E-state index in [2.05, 4.69) is 0 Å². The van der Waals surface area contributed by atoms with Crippen LogP contribution in [0, 0.1) is 0 Å². The monoisotopic (exact) mass is 231 g/mol. The molecule has 96 valence electrons. The van der Waals surface area contributed by atoms with E-state index in [0.29, 0.717) is 26.2 Å². The lowest BCUT2D eigenvalue weighted by Crippen LogP contribution is -2.43. The van der Waals surface area contributed by atoms with Crippen LogP contribution in [0.25, 0.3) is 0 Å². The smallest absolute Gasteiger partial charge is 0.236 e. The van der Waals surface area contributed by atoms with Crippen molar-refractivity contribution in [2.45, 2.75) is 26.3 Å². The van der Waals surface area contributed by atoms with Gasteiger partial charge >= 0.3 is 0 Å². The van der Waals surface area contributed by atoms with Crippen LogP contribution in [0.1, 0.15) is 20.3 Å². The molecule has 0 bridgehead atoms. The molecule has 0 aliphatic rings. The Balaban J connectivity index is 4.07. The van der Waals surface area contributed by atoms with Gasteiger partial charge in [0, 0.05) is 26.2 Å². The Morgan fingerprint density at radius 2 is 2.00 bits per heavy atom. The molecule has 0 saturated heterocycles. The number of hydrogen-bond donors (Lipinski definition) is 2. The third-order valence-corrected chi connectivity index (χ3v) is 2.58. The molecule has 1 amide bonds. The largest absolute Gasteiger partial charge is 0.395 e. The second-order valence-electron chi connectivity index (χ2n) is 4.25. The summed E-state index contributed by atoms with van der Waals surface area (Å²) in [7, 11) is 1.79. The molecule has 0 aromatic heterocycles. The van der Waals surface area contributed by atoms with Gasteiger partial charge in [0.05, 0.1) is 13.2 Å². The second-order valence-corrected chi connectivity index (χ2v) is 4.25. The average molecular weight is 231 g/mol. The molecule has 0 aliphatic carbocycles. The van der Waals surface area contributed by atoms with E-state index in [1.54, 1.807) is 11.9 Å². The second kappa shape index (κ2) is 8.50. The Kier molecular flexibility index (Phi) is 8.15. The van der Waals surface area contributed by atoms with Gasteiger partial charge in [-0.1, -0.05) is 0 Å². The highest BCUT2D eigenvalue weighted by Crippen LogP contribution is 1.99. The molecule has 0 unspecified atom stereocenters. The maximum absolute atomic E-state index is 11.8. The summed E-state index contributed by atoms with van der Waals surface area (Å²) in [4.78, 5) is 15.5. The van der Waals surface area contributed by atoms with Crippen LogP contribution in [0.3, 0.4) is 0 Å². The Bertz CT molecular complexity index is 198. The van der Waals surface area contributed by atoms with Crippen molar-refractivity contribution < 1.29 is 9.90 Å². The van der Waals surface area contributed by atoms with Crippen molar-refractivity contribution in [1.29, 1.82) is 0 Å². The summed E-state index contributed by atoms with van der Waals surface area (Å²) in [5.41, 5.74) is 5.39. The molecule has 0 aromatic carbocycles. The minimum absolute atomic E-state index is 0.0793. The third kappa shape index (κ3) is 6.05. The average Bonchev–Trinajstić information content (AvgIpc) is 2.24. The fourth-order valence-corrected chi connectivity index (χ4v) is 1.40. The van der Waals surface area contributed by atoms with Gasteiger partial charge in [-0.2, -0.15) is 0 Å². The minimum Gasteiger partial charge on any atom is -0.395 e. The standard InChI is InChI=1S/C11H25N3O2/c1-10(2)14(7-8-15)9-11(16)13(3)6-4-5-12/h10,15H,4-9,12H2,1-3H3. The molecule has 0 spiro atoms. The molecule has 0 radical (unpaired) electrons. The van der Waals surface area contributed by atoms with Gasteiger partial charge in [-0.3, -0.25) is 9.69 Å². The van der Waals surface area contributed by atoms with E-state index >= 15 is 0 Å². The van der Waals surface area contributed by atoms with Crippen molar-refractivity contribution in [2.75, 3.05) is 39.8 Å². The lowest BCUT2D eigenvalue weighted by Gasteiger charge is -2.27. The van der Waals surface area contributed by atoms with Crippen LogP contribution in [0.4, 0.5) is 0 Å². The van der Waals surface area contributed by atoms with Gasteiger partial charge in [-0.15, -0.1) is 0 Å². The van der Waals surface area contributed by atoms with Crippen molar-refractivity contribution in [3.63, 3.8) is 0 Å². The van der Waals surface area contributed by atoms with E-state index in [1.807, 2.05) is 18.7 Å². The van der Waals surface area contributed by atoms with Crippen LogP contribution in [0.15, 0.2) is 0 Å². The first-order valence-electron chi connectivity index (χ1n) is 5.81. The summed E-state index contributed by atoms with van der Waals surface area (Å²) in [5.74, 6) is 0.0793. The van der Waals surface area contributed by atoms with Crippen LogP contribution in [0.2, 0.25) is 0 Å². The Hall–Kier alpha value is -0.650. The van der Waals surface area contributed by atoms with Crippen molar-refractivity contribution >= 4 is 5.91 Å². The quantitative estimate of drug-likeness (QED) is 0.591. The fourth-order valence-electron chi connectivity index (χ4n) is 1.40. The number of hydrogen-bond acceptors (Lipinski definition) is 4. The number of carbonyl (C=O) groups excluding carboxylic acids is 1. The van der Waals surface area contributed by atoms with Crippen molar-refractivity contribution in [2.24, 2.45) is 5.73 Å². The van der Waals surface area contributed by atoms with E-state index < -0.39 is 0 Å². The Morgan fingerprint density at radius 1 is 1.38 bits per heavy atom. The molecule has 0 fully saturated rings. The topological polar surface area (TPSA) is 69.8 Å². The first kappa shape index (κ1) is 15.3. The molecule has 0 aliphatic heterocycles. The van der Waals surface area contributed by atoms with E-state index in [-0.39, 0.29) is 18.6 Å². The molecule has 5 heteroatoms. The van der Waals surface area contributed by atoms with Gasteiger partial charge in [0.25, 0.3) is 0 Å². The van der Waals surface area contributed by atoms with Crippen LogP contribution < -0.4 is 5.73 Å². The number of carbonyl (C=O) groups is 1. The third-order valence-electron chi connectivity index (χ3n) is 2.58. The molecular formula is C11H25N3O2. The van der Waals surface area contributed by atoms with Gasteiger partial charge in [0.15, 0.2) is 0 Å². The summed E-state index contributed by atoms with van der Waals surface area (Å²) in [6.07, 6.45) is 0.823. The van der Waals surface area contributed by atoms with Crippen molar-refractivity contribution in [3.8, 4) is 0 Å². The zero-order valence-electron chi connectivity index (χ0n) is 10.6. The van der Waals surface area contributed by atoms with Crippen LogP contribution >= 0.6 is 0 Å². The normalized spacial score (nSPS) is 11.2. The number of nitrogens with zero attached hydrogens (tertiary/aromatic N) is 2. The zero-order valence-corrected chi connectivity index (χ0v) is 10.6. The number of rotatable bonds is 8. The Labute approximate surface area is 98.2 Å². The van der Waals surface area contributed by atoms with E-state index in [9.17, 15) is 4.79 Å². The molecule has 0 atom stereocenters. The molecule has 0 saturated carbocycles. The summed E-state index contributed by atoms with van der Waals surface area (Å²) in [6.45, 7) is 6.31. The molecule has 0 aromatic rings. The van der Waals surface area contributed by atoms with E-state index in [4.69, 9.17) is 10.8 Å². The zero-order chi connectivity index (χ0) is 12.6. The van der Waals surface area contributed by atoms with Gasteiger partial charge < -0.3 is 15.7 Å². The first-order valence-corrected chi connectivity index (χ1v) is 5.81. The maximum atomic E-state index is 11.8. The highest BCUT2D eigenvalue weighted by atomic mass is 16.3. The molecule has 0 rings (SSSR count). The van der Waals surface area contributed by atoms with Gasteiger partial charge in [0.1, 0.15) is 0 Å². The van der Waals surface area contributed by atoms with Crippen molar-refractivity contribution in [3.05, 3.63) is 0 Å². The molecule has 5 nitrogen and oxygen atoms in total. The fraction of sp³-hybridized carbons (Fsp3) is 0.909. The predicted octanol–water partition coefficient (Wildman–Crippen LogP) is -0.504. The van der Waals surface area contributed by atoms with Gasteiger partial charge in [0.2, 0.25) is 5.91 Å². The molecular weight excluding hydrogens is 206 g/mol. The summed E-state index contributed by atoms with van der Waals surface area (Å²) < 4.78 is 0. The summed E-state index contributed by atoms with van der Waals surface area (Å²) in [6, 6.07) is 0.263. The summed E-state index contributed by atoms with van der Waals surface area (Å²) >= 11 is 0. The maximum Gasteiger partial charge on any atom is 0.236 e. The highest BCUT2D eigenvalue weighted by Gasteiger charge is 2.15. The van der Waals surface area contributed by atoms with Gasteiger partial charge in [-0.05, 0) is 26.8 Å². The molecule has 3 N–H and O–H groups in total. The number of amides is 1. The first-order chi connectivity index (χ1) is 7.52.